The number of rotatable bonds is 16. The van der Waals surface area contributed by atoms with Crippen molar-refractivity contribution in [2.75, 3.05) is 29.9 Å². The number of ketones is 1. The van der Waals surface area contributed by atoms with Crippen LogP contribution in [0.5, 0.6) is 0 Å². The maximum atomic E-state index is 13.4. The number of hydrogen-bond acceptors (Lipinski definition) is 7. The monoisotopic (exact) mass is 581 g/mol. The largest absolute Gasteiger partial charge is 0.480 e. The van der Waals surface area contributed by atoms with Gasteiger partial charge in [0, 0.05) is 30.4 Å². The van der Waals surface area contributed by atoms with Crippen LogP contribution in [0.4, 0.5) is 11.4 Å². The summed E-state index contributed by atoms with van der Waals surface area (Å²) in [6.45, 7) is 4.28. The summed E-state index contributed by atoms with van der Waals surface area (Å²) >= 11 is 0. The number of amides is 3. The molecule has 13 nitrogen and oxygen atoms in total. The van der Waals surface area contributed by atoms with Gasteiger partial charge in [-0.25, -0.2) is 0 Å². The van der Waals surface area contributed by atoms with Crippen molar-refractivity contribution in [1.29, 1.82) is 5.41 Å². The van der Waals surface area contributed by atoms with Gasteiger partial charge in [-0.2, -0.15) is 0 Å². The first kappa shape index (κ1) is 33.3. The Morgan fingerprint density at radius 3 is 2.21 bits per heavy atom. The topological polar surface area (TPSA) is 207 Å². The van der Waals surface area contributed by atoms with Crippen molar-refractivity contribution in [3.05, 3.63) is 60.2 Å². The minimum Gasteiger partial charge on any atom is -0.480 e. The van der Waals surface area contributed by atoms with Crippen LogP contribution in [0.25, 0.3) is 0 Å². The first-order valence-corrected chi connectivity index (χ1v) is 13.5. The molecule has 0 bridgehead atoms. The second kappa shape index (κ2) is 16.4. The van der Waals surface area contributed by atoms with Crippen LogP contribution in [0.1, 0.15) is 44.0 Å². The second-order valence-electron chi connectivity index (χ2n) is 9.94. The van der Waals surface area contributed by atoms with Crippen molar-refractivity contribution >= 4 is 46.8 Å². The van der Waals surface area contributed by atoms with Crippen molar-refractivity contribution in [2.24, 2.45) is 11.7 Å². The highest BCUT2D eigenvalue weighted by molar-refractivity contribution is 6.06. The molecule has 0 aliphatic heterocycles. The molecule has 0 spiro atoms. The molecule has 0 aliphatic rings. The van der Waals surface area contributed by atoms with Crippen LogP contribution >= 0.6 is 0 Å². The average molecular weight is 582 g/mol. The molecule has 0 fully saturated rings. The molecule has 0 saturated heterocycles. The predicted octanol–water partition coefficient (Wildman–Crippen LogP) is 1.31. The molecule has 2 atom stereocenters. The lowest BCUT2D eigenvalue weighted by Crippen LogP contribution is -2.53. The zero-order valence-corrected chi connectivity index (χ0v) is 24.0. The van der Waals surface area contributed by atoms with Crippen LogP contribution < -0.4 is 31.9 Å². The quantitative estimate of drug-likeness (QED) is 0.0659. The Hall–Kier alpha value is -4.94. The fourth-order valence-electron chi connectivity index (χ4n) is 4.20. The van der Waals surface area contributed by atoms with Crippen LogP contribution in [0, 0.1) is 11.3 Å². The van der Waals surface area contributed by atoms with Gasteiger partial charge in [0.1, 0.15) is 12.6 Å². The molecule has 0 aromatic heterocycles. The first-order chi connectivity index (χ1) is 19.9. The van der Waals surface area contributed by atoms with Crippen molar-refractivity contribution in [1.82, 2.24) is 16.0 Å². The molecule has 8 N–H and O–H groups in total. The number of Topliss-reactive ketones (excluding diaryl/α,β-unsaturated/α-hetero) is 1. The lowest BCUT2D eigenvalue weighted by molar-refractivity contribution is -0.137. The molecular formula is C29H39N7O6. The number of benzene rings is 2. The average Bonchev–Trinajstić information content (AvgIpc) is 2.94. The van der Waals surface area contributed by atoms with Crippen LogP contribution in [-0.4, -0.2) is 72.3 Å². The van der Waals surface area contributed by atoms with Gasteiger partial charge in [0.25, 0.3) is 0 Å². The zero-order valence-electron chi connectivity index (χ0n) is 24.0. The Kier molecular flexibility index (Phi) is 13.0. The molecule has 3 amide bonds. The lowest BCUT2D eigenvalue weighted by Gasteiger charge is -2.29. The van der Waals surface area contributed by atoms with Gasteiger partial charge in [-0.05, 0) is 43.0 Å². The van der Waals surface area contributed by atoms with Gasteiger partial charge >= 0.3 is 5.97 Å². The second-order valence-corrected chi connectivity index (χ2v) is 9.94. The molecule has 2 aromatic rings. The summed E-state index contributed by atoms with van der Waals surface area (Å²) in [6, 6.07) is 13.0. The van der Waals surface area contributed by atoms with Gasteiger partial charge in [-0.15, -0.1) is 0 Å². The molecule has 2 rings (SSSR count). The maximum Gasteiger partial charge on any atom is 0.323 e. The summed E-state index contributed by atoms with van der Waals surface area (Å²) in [5, 5.41) is 27.6. The molecular weight excluding hydrogens is 542 g/mol. The summed E-state index contributed by atoms with van der Waals surface area (Å²) in [7, 11) is 0. The molecule has 42 heavy (non-hydrogen) atoms. The number of carboxylic acid groups (broad SMARTS) is 1. The van der Waals surface area contributed by atoms with Crippen LogP contribution in [0.3, 0.4) is 0 Å². The number of nitrogens with two attached hydrogens (primary N) is 1. The van der Waals surface area contributed by atoms with E-state index in [4.69, 9.17) is 11.1 Å². The van der Waals surface area contributed by atoms with Crippen LogP contribution in [-0.2, 0) is 19.2 Å². The van der Waals surface area contributed by atoms with E-state index in [1.165, 1.54) is 6.92 Å². The van der Waals surface area contributed by atoms with Gasteiger partial charge in [0.05, 0.1) is 12.6 Å². The smallest absolute Gasteiger partial charge is 0.323 e. The molecule has 0 radical (unpaired) electrons. The molecule has 13 heteroatoms. The summed E-state index contributed by atoms with van der Waals surface area (Å²) in [4.78, 5) is 64.2. The Morgan fingerprint density at radius 2 is 1.62 bits per heavy atom. The van der Waals surface area contributed by atoms with E-state index in [1.807, 2.05) is 0 Å². The van der Waals surface area contributed by atoms with Gasteiger partial charge in [-0.3, -0.25) is 34.3 Å². The highest BCUT2D eigenvalue weighted by Gasteiger charge is 2.31. The molecule has 2 unspecified atom stereocenters. The maximum absolute atomic E-state index is 13.4. The Bertz CT molecular complexity index is 1270. The highest BCUT2D eigenvalue weighted by Crippen LogP contribution is 2.20. The van der Waals surface area contributed by atoms with E-state index in [1.54, 1.807) is 68.4 Å². The minimum absolute atomic E-state index is 0.193. The predicted molar refractivity (Wildman–Crippen MR) is 159 cm³/mol. The van der Waals surface area contributed by atoms with Gasteiger partial charge in [-0.1, -0.05) is 44.2 Å². The standard InChI is InChI=1S/C29H39N7O6/c1-18(2)26(28(42)36(17-25(39)40)20-10-5-4-6-11-20)35-24(38)16-33-22-13-8-7-12-21(22)27(41)23(34-19(3)37)14-9-15-32-29(30)31/h4-8,10-13,18,23,26,33H,9,14-17H2,1-3H3,(H,34,37)(H,35,38)(H,39,40)(H4,30,31,32). The summed E-state index contributed by atoms with van der Waals surface area (Å²) in [5.74, 6) is -3.60. The summed E-state index contributed by atoms with van der Waals surface area (Å²) < 4.78 is 0. The van der Waals surface area contributed by atoms with Gasteiger partial charge in [0.2, 0.25) is 17.7 Å². The number of hydrogen-bond donors (Lipinski definition) is 7. The summed E-state index contributed by atoms with van der Waals surface area (Å²) in [6.07, 6.45) is 0.751. The number of aliphatic carboxylic acids is 1. The van der Waals surface area contributed by atoms with Crippen LogP contribution in [0.15, 0.2) is 54.6 Å². The number of carbonyl (C=O) groups is 5. The Balaban J connectivity index is 2.15. The van der Waals surface area contributed by atoms with E-state index >= 15 is 0 Å². The fourth-order valence-corrected chi connectivity index (χ4v) is 4.20. The number of para-hydroxylation sites is 2. The Morgan fingerprint density at radius 1 is 0.976 bits per heavy atom. The SMILES string of the molecule is CC(=O)NC(CCCNC(=N)N)C(=O)c1ccccc1NCC(=O)NC(C(=O)N(CC(=O)O)c1ccccc1)C(C)C. The number of nitrogens with one attached hydrogen (secondary N) is 5. The van der Waals surface area contributed by atoms with Crippen molar-refractivity contribution < 1.29 is 29.1 Å². The van der Waals surface area contributed by atoms with E-state index in [0.29, 0.717) is 30.8 Å². The van der Waals surface area contributed by atoms with Gasteiger partial charge < -0.3 is 32.1 Å². The van der Waals surface area contributed by atoms with E-state index < -0.39 is 36.4 Å². The normalized spacial score (nSPS) is 12.0. The fraction of sp³-hybridized carbons (Fsp3) is 0.379. The molecule has 2 aromatic carbocycles. The number of nitrogens with zero attached hydrogens (tertiary/aromatic N) is 1. The van der Waals surface area contributed by atoms with E-state index in [9.17, 15) is 29.1 Å². The minimum atomic E-state index is -1.20. The Labute approximate surface area is 244 Å². The number of carbonyl (C=O) groups excluding carboxylic acids is 4. The highest BCUT2D eigenvalue weighted by atomic mass is 16.4. The first-order valence-electron chi connectivity index (χ1n) is 13.5. The van der Waals surface area contributed by atoms with Crippen molar-refractivity contribution in [3.63, 3.8) is 0 Å². The van der Waals surface area contributed by atoms with Crippen molar-refractivity contribution in [3.8, 4) is 0 Å². The zero-order chi connectivity index (χ0) is 31.2. The van der Waals surface area contributed by atoms with E-state index in [-0.39, 0.29) is 35.7 Å². The van der Waals surface area contributed by atoms with E-state index in [0.717, 1.165) is 4.90 Å². The number of carboxylic acids is 1. The third-order valence-electron chi connectivity index (χ3n) is 6.19. The molecule has 0 saturated carbocycles. The molecule has 0 aliphatic carbocycles. The van der Waals surface area contributed by atoms with Crippen LogP contribution in [0.2, 0.25) is 0 Å². The van der Waals surface area contributed by atoms with Crippen molar-refractivity contribution in [2.45, 2.75) is 45.7 Å². The van der Waals surface area contributed by atoms with Gasteiger partial charge in [0.15, 0.2) is 11.7 Å². The van der Waals surface area contributed by atoms with E-state index in [2.05, 4.69) is 21.3 Å². The third kappa shape index (κ3) is 10.6. The molecule has 226 valence electrons. The lowest BCUT2D eigenvalue weighted by atomic mass is 9.98. The summed E-state index contributed by atoms with van der Waals surface area (Å²) in [5.41, 5.74) is 6.30. The molecule has 0 heterocycles. The number of guanidine groups is 1. The number of anilines is 2. The third-order valence-corrected chi connectivity index (χ3v) is 6.19.